The number of nitrogens with one attached hydrogen (secondary N) is 1. The average molecular weight is 317 g/mol. The van der Waals surface area contributed by atoms with Gasteiger partial charge in [-0.1, -0.05) is 35.9 Å². The topological polar surface area (TPSA) is 52.9 Å². The van der Waals surface area contributed by atoms with Gasteiger partial charge in [-0.25, -0.2) is 0 Å². The van der Waals surface area contributed by atoms with Gasteiger partial charge >= 0.3 is 0 Å². The predicted molar refractivity (Wildman–Crippen MR) is 86.3 cm³/mol. The highest BCUT2D eigenvalue weighted by molar-refractivity contribution is 7.98. The molecular formula is C16H13ClN2OS. The summed E-state index contributed by atoms with van der Waals surface area (Å²) in [4.78, 5) is 12.5. The molecule has 2 rings (SSSR count). The van der Waals surface area contributed by atoms with Crippen LogP contribution < -0.4 is 5.32 Å². The molecular weight excluding hydrogens is 304 g/mol. The zero-order valence-corrected chi connectivity index (χ0v) is 12.7. The van der Waals surface area contributed by atoms with E-state index in [0.29, 0.717) is 5.02 Å². The third kappa shape index (κ3) is 4.82. The molecule has 0 unspecified atom stereocenters. The molecule has 0 spiro atoms. The minimum atomic E-state index is -0.294. The first-order valence-corrected chi connectivity index (χ1v) is 7.68. The first kappa shape index (κ1) is 15.4. The molecule has 0 aromatic heterocycles. The molecule has 21 heavy (non-hydrogen) atoms. The van der Waals surface area contributed by atoms with E-state index in [-0.39, 0.29) is 12.3 Å². The van der Waals surface area contributed by atoms with Crippen LogP contribution in [0.4, 0.5) is 5.69 Å². The quantitative estimate of drug-likeness (QED) is 0.827. The van der Waals surface area contributed by atoms with E-state index in [4.69, 9.17) is 16.9 Å². The van der Waals surface area contributed by atoms with Gasteiger partial charge in [0.15, 0.2) is 0 Å². The summed E-state index contributed by atoms with van der Waals surface area (Å²) in [5.74, 6) is 0.486. The maximum absolute atomic E-state index is 11.5. The highest BCUT2D eigenvalue weighted by Crippen LogP contribution is 2.30. The number of nitriles is 1. The zero-order valence-electron chi connectivity index (χ0n) is 11.2. The lowest BCUT2D eigenvalue weighted by Crippen LogP contribution is -2.10. The number of anilines is 1. The van der Waals surface area contributed by atoms with Crippen LogP contribution in [0, 0.1) is 11.3 Å². The second-order valence-electron chi connectivity index (χ2n) is 4.29. The van der Waals surface area contributed by atoms with Crippen LogP contribution in [-0.2, 0) is 10.5 Å². The molecule has 5 heteroatoms. The molecule has 0 saturated carbocycles. The molecule has 0 aliphatic heterocycles. The minimum absolute atomic E-state index is 0.143. The summed E-state index contributed by atoms with van der Waals surface area (Å²) in [6, 6.07) is 17.1. The molecule has 3 nitrogen and oxygen atoms in total. The molecule has 0 fully saturated rings. The number of amides is 1. The van der Waals surface area contributed by atoms with Crippen LogP contribution >= 0.6 is 23.4 Å². The Morgan fingerprint density at radius 1 is 1.19 bits per heavy atom. The number of thioether (sulfide) groups is 1. The van der Waals surface area contributed by atoms with Crippen molar-refractivity contribution in [2.75, 3.05) is 5.32 Å². The van der Waals surface area contributed by atoms with Crippen LogP contribution in [0.2, 0.25) is 5.02 Å². The van der Waals surface area contributed by atoms with Gasteiger partial charge in [0, 0.05) is 15.7 Å². The predicted octanol–water partition coefficient (Wildman–Crippen LogP) is 4.48. The summed E-state index contributed by atoms with van der Waals surface area (Å²) in [5.41, 5.74) is 1.89. The van der Waals surface area contributed by atoms with Crippen molar-refractivity contribution < 1.29 is 4.79 Å². The molecule has 0 aliphatic carbocycles. The fraction of sp³-hybridized carbons (Fsp3) is 0.125. The van der Waals surface area contributed by atoms with E-state index in [1.165, 1.54) is 0 Å². The molecule has 106 valence electrons. The van der Waals surface area contributed by atoms with Crippen molar-refractivity contribution in [3.8, 4) is 6.07 Å². The van der Waals surface area contributed by atoms with Crippen LogP contribution in [-0.4, -0.2) is 5.91 Å². The van der Waals surface area contributed by atoms with E-state index >= 15 is 0 Å². The zero-order chi connectivity index (χ0) is 15.1. The fourth-order valence-corrected chi connectivity index (χ4v) is 2.79. The fourth-order valence-electron chi connectivity index (χ4n) is 1.70. The number of hydrogen-bond acceptors (Lipinski definition) is 3. The number of benzene rings is 2. The third-order valence-corrected chi connectivity index (χ3v) is 4.11. The van der Waals surface area contributed by atoms with Gasteiger partial charge < -0.3 is 5.32 Å². The van der Waals surface area contributed by atoms with Gasteiger partial charge in [0.05, 0.1) is 11.8 Å². The van der Waals surface area contributed by atoms with E-state index in [1.54, 1.807) is 11.8 Å². The largest absolute Gasteiger partial charge is 0.324 e. The summed E-state index contributed by atoms with van der Waals surface area (Å²) in [5, 5.41) is 12.0. The number of rotatable bonds is 5. The highest BCUT2D eigenvalue weighted by atomic mass is 35.5. The number of carbonyl (C=O) groups excluding carboxylic acids is 1. The number of hydrogen-bond donors (Lipinski definition) is 1. The van der Waals surface area contributed by atoms with Gasteiger partial charge in [-0.2, -0.15) is 5.26 Å². The summed E-state index contributed by atoms with van der Waals surface area (Å²) in [6.07, 6.45) is -0.143. The van der Waals surface area contributed by atoms with E-state index in [2.05, 4.69) is 5.32 Å². The van der Waals surface area contributed by atoms with Gasteiger partial charge in [0.1, 0.15) is 6.42 Å². The van der Waals surface area contributed by atoms with Crippen LogP contribution in [0.3, 0.4) is 0 Å². The highest BCUT2D eigenvalue weighted by Gasteiger charge is 2.07. The minimum Gasteiger partial charge on any atom is -0.324 e. The first-order chi connectivity index (χ1) is 10.2. The second-order valence-corrected chi connectivity index (χ2v) is 5.75. The third-order valence-electron chi connectivity index (χ3n) is 2.71. The lowest BCUT2D eigenvalue weighted by Gasteiger charge is -2.09. The smallest absolute Gasteiger partial charge is 0.238 e. The molecule has 0 aliphatic rings. The Bertz CT molecular complexity index is 665. The molecule has 0 heterocycles. The summed E-state index contributed by atoms with van der Waals surface area (Å²) in [7, 11) is 0. The van der Waals surface area contributed by atoms with E-state index < -0.39 is 0 Å². The Morgan fingerprint density at radius 2 is 1.90 bits per heavy atom. The first-order valence-electron chi connectivity index (χ1n) is 6.32. The molecule has 0 bridgehead atoms. The Balaban J connectivity index is 2.04. The summed E-state index contributed by atoms with van der Waals surface area (Å²) in [6.45, 7) is 0. The monoisotopic (exact) mass is 316 g/mol. The summed E-state index contributed by atoms with van der Waals surface area (Å²) < 4.78 is 0. The number of carbonyl (C=O) groups is 1. The van der Waals surface area contributed by atoms with E-state index in [0.717, 1.165) is 21.9 Å². The molecule has 1 amide bonds. The Kier molecular flexibility index (Phi) is 5.68. The SMILES string of the molecule is N#CCC(=O)Nc1ccccc1SCc1ccc(Cl)cc1. The molecule has 0 radical (unpaired) electrons. The number of para-hydroxylation sites is 1. The van der Waals surface area contributed by atoms with Crippen LogP contribution in [0.25, 0.3) is 0 Å². The van der Waals surface area contributed by atoms with Gasteiger partial charge in [-0.15, -0.1) is 11.8 Å². The van der Waals surface area contributed by atoms with Gasteiger partial charge in [-0.3, -0.25) is 4.79 Å². The van der Waals surface area contributed by atoms with E-state index in [1.807, 2.05) is 54.6 Å². The van der Waals surface area contributed by atoms with Crippen molar-refractivity contribution in [1.29, 1.82) is 5.26 Å². The normalized spacial score (nSPS) is 9.90. The lowest BCUT2D eigenvalue weighted by atomic mass is 10.2. The maximum atomic E-state index is 11.5. The summed E-state index contributed by atoms with van der Waals surface area (Å²) >= 11 is 7.49. The van der Waals surface area contributed by atoms with E-state index in [9.17, 15) is 4.79 Å². The van der Waals surface area contributed by atoms with Crippen molar-refractivity contribution in [1.82, 2.24) is 0 Å². The Labute approximate surface area is 132 Å². The lowest BCUT2D eigenvalue weighted by molar-refractivity contribution is -0.115. The Morgan fingerprint density at radius 3 is 2.62 bits per heavy atom. The molecule has 2 aromatic rings. The van der Waals surface area contributed by atoms with Crippen molar-refractivity contribution in [3.05, 3.63) is 59.1 Å². The van der Waals surface area contributed by atoms with Crippen LogP contribution in [0.5, 0.6) is 0 Å². The maximum Gasteiger partial charge on any atom is 0.238 e. The second kappa shape index (κ2) is 7.72. The van der Waals surface area contributed by atoms with Gasteiger partial charge in [-0.05, 0) is 29.8 Å². The van der Waals surface area contributed by atoms with Gasteiger partial charge in [0.25, 0.3) is 0 Å². The van der Waals surface area contributed by atoms with Crippen LogP contribution in [0.15, 0.2) is 53.4 Å². The van der Waals surface area contributed by atoms with Crippen molar-refractivity contribution in [3.63, 3.8) is 0 Å². The van der Waals surface area contributed by atoms with Crippen molar-refractivity contribution >= 4 is 35.0 Å². The molecule has 0 saturated heterocycles. The Hall–Kier alpha value is -1.96. The molecule has 2 aromatic carbocycles. The number of halogens is 1. The molecule has 1 N–H and O–H groups in total. The standard InChI is InChI=1S/C16H13ClN2OS/c17-13-7-5-12(6-8-13)11-21-15-4-2-1-3-14(15)19-16(20)9-10-18/h1-8H,9,11H2,(H,19,20). The van der Waals surface area contributed by atoms with Crippen LogP contribution in [0.1, 0.15) is 12.0 Å². The molecule has 0 atom stereocenters. The van der Waals surface area contributed by atoms with Crippen molar-refractivity contribution in [2.24, 2.45) is 0 Å². The van der Waals surface area contributed by atoms with Crippen molar-refractivity contribution in [2.45, 2.75) is 17.1 Å². The number of nitrogens with zero attached hydrogens (tertiary/aromatic N) is 1. The van der Waals surface area contributed by atoms with Gasteiger partial charge in [0.2, 0.25) is 5.91 Å². The average Bonchev–Trinajstić information content (AvgIpc) is 2.48.